The molecular weight excluding hydrogens is 268 g/mol. The molecular formula is C16H26N2O3. The summed E-state index contributed by atoms with van der Waals surface area (Å²) in [5, 5.41) is 0. The van der Waals surface area contributed by atoms with E-state index in [1.54, 1.807) is 6.92 Å². The Hall–Kier alpha value is -1.52. The van der Waals surface area contributed by atoms with E-state index in [1.807, 2.05) is 0 Å². The predicted octanol–water partition coefficient (Wildman–Crippen LogP) is 3.65. The minimum Gasteiger partial charge on any atom is -0.461 e. The molecule has 1 aliphatic rings. The van der Waals surface area contributed by atoms with Crippen LogP contribution in [-0.2, 0) is 4.74 Å². The fourth-order valence-electron chi connectivity index (χ4n) is 2.74. The summed E-state index contributed by atoms with van der Waals surface area (Å²) in [5.74, 6) is 0.219. The average Bonchev–Trinajstić information content (AvgIpc) is 3.10. The van der Waals surface area contributed by atoms with E-state index in [-0.39, 0.29) is 5.69 Å². The summed E-state index contributed by atoms with van der Waals surface area (Å²) in [7, 11) is 0. The van der Waals surface area contributed by atoms with E-state index in [9.17, 15) is 4.79 Å². The minimum absolute atomic E-state index is 0.263. The van der Waals surface area contributed by atoms with E-state index in [4.69, 9.17) is 9.15 Å². The summed E-state index contributed by atoms with van der Waals surface area (Å²) in [4.78, 5) is 18.3. The average molecular weight is 294 g/mol. The maximum absolute atomic E-state index is 11.7. The number of oxazole rings is 1. The van der Waals surface area contributed by atoms with E-state index >= 15 is 0 Å². The third-order valence-corrected chi connectivity index (χ3v) is 3.94. The van der Waals surface area contributed by atoms with Gasteiger partial charge in [-0.3, -0.25) is 0 Å². The van der Waals surface area contributed by atoms with Crippen molar-refractivity contribution in [3.05, 3.63) is 12.0 Å². The van der Waals surface area contributed by atoms with Gasteiger partial charge in [0.15, 0.2) is 5.69 Å². The number of ether oxygens (including phenoxy) is 1. The molecule has 5 nitrogen and oxygen atoms in total. The Kier molecular flexibility index (Phi) is 5.65. The number of hydrogen-bond acceptors (Lipinski definition) is 5. The van der Waals surface area contributed by atoms with Crippen molar-refractivity contribution in [3.63, 3.8) is 0 Å². The molecule has 0 bridgehead atoms. The number of carbonyl (C=O) groups excluding carboxylic acids is 1. The smallest absolute Gasteiger partial charge is 0.360 e. The zero-order valence-electron chi connectivity index (χ0n) is 13.3. The summed E-state index contributed by atoms with van der Waals surface area (Å²) in [5.41, 5.74) is 0.263. The monoisotopic (exact) mass is 294 g/mol. The van der Waals surface area contributed by atoms with Gasteiger partial charge in [-0.15, -0.1) is 0 Å². The third kappa shape index (κ3) is 4.22. The van der Waals surface area contributed by atoms with Crippen LogP contribution in [0, 0.1) is 5.92 Å². The largest absolute Gasteiger partial charge is 0.461 e. The van der Waals surface area contributed by atoms with Crippen molar-refractivity contribution in [1.29, 1.82) is 0 Å². The van der Waals surface area contributed by atoms with Gasteiger partial charge in [0.05, 0.1) is 6.61 Å². The van der Waals surface area contributed by atoms with Crippen LogP contribution in [0.3, 0.4) is 0 Å². The van der Waals surface area contributed by atoms with E-state index in [1.165, 1.54) is 31.9 Å². The van der Waals surface area contributed by atoms with Crippen LogP contribution in [0.5, 0.6) is 0 Å². The first kappa shape index (κ1) is 15.9. The highest BCUT2D eigenvalue weighted by Gasteiger charge is 2.27. The summed E-state index contributed by atoms with van der Waals surface area (Å²) < 4.78 is 10.5. The molecule has 0 atom stereocenters. The Bertz CT molecular complexity index is 450. The van der Waals surface area contributed by atoms with Crippen molar-refractivity contribution < 1.29 is 13.9 Å². The maximum atomic E-state index is 11.7. The Morgan fingerprint density at radius 2 is 2.19 bits per heavy atom. The molecule has 1 saturated carbocycles. The molecule has 1 heterocycles. The molecule has 0 aromatic carbocycles. The molecule has 0 N–H and O–H groups in total. The van der Waals surface area contributed by atoms with E-state index in [2.05, 4.69) is 23.7 Å². The van der Waals surface area contributed by atoms with Crippen LogP contribution in [0.4, 0.5) is 6.01 Å². The lowest BCUT2D eigenvalue weighted by molar-refractivity contribution is 0.0519. The first-order valence-corrected chi connectivity index (χ1v) is 8.01. The Labute approximate surface area is 126 Å². The molecule has 1 aliphatic carbocycles. The van der Waals surface area contributed by atoms with Gasteiger partial charge in [-0.2, -0.15) is 4.98 Å². The topological polar surface area (TPSA) is 55.6 Å². The number of esters is 1. The van der Waals surface area contributed by atoms with Gasteiger partial charge in [0.1, 0.15) is 6.26 Å². The number of nitrogens with zero attached hydrogens (tertiary/aromatic N) is 2. The second-order valence-electron chi connectivity index (χ2n) is 6.05. The number of rotatable bonds is 7. The second-order valence-corrected chi connectivity index (χ2v) is 6.05. The first-order valence-electron chi connectivity index (χ1n) is 8.01. The van der Waals surface area contributed by atoms with Gasteiger partial charge in [-0.05, 0) is 32.1 Å². The lowest BCUT2D eigenvalue weighted by atomic mass is 10.1. The van der Waals surface area contributed by atoms with E-state index in [0.717, 1.165) is 13.0 Å². The molecule has 2 rings (SSSR count). The van der Waals surface area contributed by atoms with Gasteiger partial charge in [0, 0.05) is 12.6 Å². The zero-order chi connectivity index (χ0) is 15.2. The molecule has 1 aromatic heterocycles. The van der Waals surface area contributed by atoms with Crippen molar-refractivity contribution in [1.82, 2.24) is 4.98 Å². The quantitative estimate of drug-likeness (QED) is 0.718. The lowest BCUT2D eigenvalue weighted by Crippen LogP contribution is -2.35. The molecule has 118 valence electrons. The SMILES string of the molecule is CCOC(=O)c1coc(N(CCC(C)C)C2CCCC2)n1. The molecule has 1 aromatic rings. The molecule has 0 radical (unpaired) electrons. The van der Waals surface area contributed by atoms with Gasteiger partial charge in [-0.25, -0.2) is 4.79 Å². The van der Waals surface area contributed by atoms with E-state index < -0.39 is 5.97 Å². The summed E-state index contributed by atoms with van der Waals surface area (Å²) in [6, 6.07) is 1.04. The molecule has 21 heavy (non-hydrogen) atoms. The van der Waals surface area contributed by atoms with Crippen LogP contribution in [-0.4, -0.2) is 30.1 Å². The van der Waals surface area contributed by atoms with Gasteiger partial charge in [-0.1, -0.05) is 26.7 Å². The lowest BCUT2D eigenvalue weighted by Gasteiger charge is -2.27. The first-order chi connectivity index (χ1) is 10.1. The fourth-order valence-corrected chi connectivity index (χ4v) is 2.74. The van der Waals surface area contributed by atoms with Crippen LogP contribution < -0.4 is 4.90 Å². The Morgan fingerprint density at radius 3 is 2.81 bits per heavy atom. The normalized spacial score (nSPS) is 15.6. The van der Waals surface area contributed by atoms with Crippen molar-refractivity contribution in [2.75, 3.05) is 18.1 Å². The summed E-state index contributed by atoms with van der Waals surface area (Å²) in [6.07, 6.45) is 7.37. The molecule has 0 saturated heterocycles. The van der Waals surface area contributed by atoms with Gasteiger partial charge >= 0.3 is 5.97 Å². The molecule has 0 amide bonds. The van der Waals surface area contributed by atoms with Crippen LogP contribution in [0.2, 0.25) is 0 Å². The zero-order valence-corrected chi connectivity index (χ0v) is 13.3. The van der Waals surface area contributed by atoms with Crippen LogP contribution in [0.25, 0.3) is 0 Å². The number of carbonyl (C=O) groups is 1. The van der Waals surface area contributed by atoms with Crippen molar-refractivity contribution in [3.8, 4) is 0 Å². The third-order valence-electron chi connectivity index (χ3n) is 3.94. The predicted molar refractivity (Wildman–Crippen MR) is 81.5 cm³/mol. The van der Waals surface area contributed by atoms with Crippen LogP contribution in [0.15, 0.2) is 10.7 Å². The number of anilines is 1. The van der Waals surface area contributed by atoms with Crippen molar-refractivity contribution >= 4 is 12.0 Å². The molecule has 0 unspecified atom stereocenters. The van der Waals surface area contributed by atoms with E-state index in [0.29, 0.717) is 24.6 Å². The van der Waals surface area contributed by atoms with Crippen LogP contribution >= 0.6 is 0 Å². The van der Waals surface area contributed by atoms with Crippen molar-refractivity contribution in [2.24, 2.45) is 5.92 Å². The highest BCUT2D eigenvalue weighted by atomic mass is 16.5. The summed E-state index contributed by atoms with van der Waals surface area (Å²) in [6.45, 7) is 7.48. The highest BCUT2D eigenvalue weighted by Crippen LogP contribution is 2.28. The maximum Gasteiger partial charge on any atom is 0.360 e. The van der Waals surface area contributed by atoms with Crippen LogP contribution in [0.1, 0.15) is 63.4 Å². The molecule has 0 spiro atoms. The molecule has 1 fully saturated rings. The van der Waals surface area contributed by atoms with Gasteiger partial charge < -0.3 is 14.1 Å². The fraction of sp³-hybridized carbons (Fsp3) is 0.750. The Morgan fingerprint density at radius 1 is 1.48 bits per heavy atom. The highest BCUT2D eigenvalue weighted by molar-refractivity contribution is 5.87. The molecule has 0 aliphatic heterocycles. The second kappa shape index (κ2) is 7.48. The van der Waals surface area contributed by atoms with Gasteiger partial charge in [0.25, 0.3) is 6.01 Å². The number of aromatic nitrogens is 1. The Balaban J connectivity index is 2.10. The number of hydrogen-bond donors (Lipinski definition) is 0. The standard InChI is InChI=1S/C16H26N2O3/c1-4-20-15(19)14-11-21-16(17-14)18(10-9-12(2)3)13-7-5-6-8-13/h11-13H,4-10H2,1-3H3. The minimum atomic E-state index is -0.414. The van der Waals surface area contributed by atoms with Crippen molar-refractivity contribution in [2.45, 2.75) is 58.9 Å². The molecule has 5 heteroatoms. The van der Waals surface area contributed by atoms with Gasteiger partial charge in [0.2, 0.25) is 0 Å². The summed E-state index contributed by atoms with van der Waals surface area (Å²) >= 11 is 0.